The highest BCUT2D eigenvalue weighted by molar-refractivity contribution is 5.81. The molecule has 0 fully saturated rings. The zero-order valence-corrected chi connectivity index (χ0v) is 32.9. The van der Waals surface area contributed by atoms with Crippen LogP contribution in [0, 0.1) is 6.92 Å². The molecular weight excluding hydrogens is 832 g/mol. The van der Waals surface area contributed by atoms with Crippen molar-refractivity contribution >= 4 is 37.7 Å². The molecule has 6 aromatic rings. The molecule has 12 N–H and O–H groups in total. The van der Waals surface area contributed by atoms with Crippen LogP contribution in [0.4, 0.5) is 0 Å². The molecule has 0 aliphatic carbocycles. The van der Waals surface area contributed by atoms with Gasteiger partial charge in [0.1, 0.15) is 59.6 Å². The topological polar surface area (TPSA) is 354 Å². The molecule has 0 aromatic heterocycles. The summed E-state index contributed by atoms with van der Waals surface area (Å²) in [4.78, 5) is 61.0. The van der Waals surface area contributed by atoms with E-state index in [0.717, 1.165) is 30.6 Å². The van der Waals surface area contributed by atoms with Crippen molar-refractivity contribution in [1.82, 2.24) is 0 Å². The van der Waals surface area contributed by atoms with Crippen LogP contribution in [0.15, 0.2) is 97.1 Å². The van der Waals surface area contributed by atoms with Crippen molar-refractivity contribution in [3.63, 3.8) is 0 Å². The van der Waals surface area contributed by atoms with Crippen molar-refractivity contribution in [2.24, 2.45) is 0 Å². The van der Waals surface area contributed by atoms with E-state index >= 15 is 0 Å². The molecule has 63 heavy (non-hydrogen) atoms. The molecule has 0 saturated carbocycles. The van der Waals surface area contributed by atoms with Gasteiger partial charge in [-0.25, -0.2) is 0 Å². The number of aldehydes is 6. The number of carbonyl (C=O) groups is 6. The van der Waals surface area contributed by atoms with Gasteiger partial charge in [0, 0.05) is 51.6 Å². The summed E-state index contributed by atoms with van der Waals surface area (Å²) >= 11 is 0. The lowest BCUT2D eigenvalue weighted by molar-refractivity contribution is 0.111. The summed E-state index contributed by atoms with van der Waals surface area (Å²) in [5.74, 6) is -2.73. The minimum absolute atomic E-state index is 0.0629. The maximum absolute atomic E-state index is 10.4. The molecule has 0 aliphatic heterocycles. The van der Waals surface area contributed by atoms with Gasteiger partial charge in [0.25, 0.3) is 0 Å². The van der Waals surface area contributed by atoms with Crippen LogP contribution in [-0.4, -0.2) is 106 Å². The summed E-state index contributed by atoms with van der Waals surface area (Å²) in [6.45, 7) is 1.61. The summed E-state index contributed by atoms with van der Waals surface area (Å²) < 4.78 is 4.77. The first-order chi connectivity index (χ1) is 29.8. The Morgan fingerprint density at radius 2 is 0.778 bits per heavy atom. The van der Waals surface area contributed by atoms with Gasteiger partial charge in [0.05, 0.1) is 12.7 Å². The maximum Gasteiger partial charge on any atom is 0.200 e. The SMILES string of the molecule is COc1cc(O)c(O)cc1C=O.Cc1c(O)cc(O)cc1C=O.O=Cc1cc(O)c(O)c(O)c1.O=Cc1cc(O)cc(O)c1.O=Cc1ccc(O)c(O)c1.O=Cc1ccc(O)cc1. The van der Waals surface area contributed by atoms with E-state index in [2.05, 4.69) is 0 Å². The van der Waals surface area contributed by atoms with E-state index < -0.39 is 17.2 Å². The highest BCUT2D eigenvalue weighted by atomic mass is 16.5. The second-order valence-electron chi connectivity index (χ2n) is 12.0. The minimum atomic E-state index is -0.615. The molecule has 19 heteroatoms. The van der Waals surface area contributed by atoms with Crippen molar-refractivity contribution in [2.75, 3.05) is 7.11 Å². The van der Waals surface area contributed by atoms with Gasteiger partial charge in [-0.15, -0.1) is 0 Å². The van der Waals surface area contributed by atoms with Crippen molar-refractivity contribution in [2.45, 2.75) is 6.92 Å². The molecule has 6 aromatic carbocycles. The number of phenols is 12. The first kappa shape index (κ1) is 51.8. The van der Waals surface area contributed by atoms with Crippen LogP contribution < -0.4 is 4.74 Å². The van der Waals surface area contributed by atoms with E-state index in [0.29, 0.717) is 53.7 Å². The largest absolute Gasteiger partial charge is 0.508 e. The predicted octanol–water partition coefficient (Wildman–Crippen LogP) is 5.78. The average molecular weight is 873 g/mol. The van der Waals surface area contributed by atoms with Gasteiger partial charge in [-0.2, -0.15) is 0 Å². The lowest BCUT2D eigenvalue weighted by atomic mass is 10.1. The lowest BCUT2D eigenvalue weighted by Crippen LogP contribution is -1.89. The number of ether oxygens (including phenoxy) is 1. The Balaban J connectivity index is 0.000000379. The van der Waals surface area contributed by atoms with Crippen molar-refractivity contribution in [3.05, 3.63) is 136 Å². The van der Waals surface area contributed by atoms with Crippen LogP contribution in [0.2, 0.25) is 0 Å². The molecule has 0 bridgehead atoms. The minimum Gasteiger partial charge on any atom is -0.508 e. The van der Waals surface area contributed by atoms with E-state index in [1.165, 1.54) is 67.8 Å². The Morgan fingerprint density at radius 3 is 1.24 bits per heavy atom. The maximum atomic E-state index is 10.4. The summed E-state index contributed by atoms with van der Waals surface area (Å²) in [6.07, 6.45) is 3.48. The fourth-order valence-corrected chi connectivity index (χ4v) is 4.22. The first-order valence-corrected chi connectivity index (χ1v) is 17.2. The van der Waals surface area contributed by atoms with Crippen LogP contribution in [0.3, 0.4) is 0 Å². The number of carbonyl (C=O) groups excluding carboxylic acids is 6. The van der Waals surface area contributed by atoms with Crippen LogP contribution >= 0.6 is 0 Å². The van der Waals surface area contributed by atoms with Crippen LogP contribution in [0.25, 0.3) is 0 Å². The van der Waals surface area contributed by atoms with E-state index in [9.17, 15) is 28.8 Å². The van der Waals surface area contributed by atoms with Crippen molar-refractivity contribution in [1.29, 1.82) is 0 Å². The van der Waals surface area contributed by atoms with E-state index in [4.69, 9.17) is 66.0 Å². The second kappa shape index (κ2) is 26.0. The normalized spacial score (nSPS) is 9.30. The van der Waals surface area contributed by atoms with Gasteiger partial charge in [-0.1, -0.05) is 0 Å². The molecule has 0 unspecified atom stereocenters. The summed E-state index contributed by atoms with van der Waals surface area (Å²) in [5.41, 5.74) is 2.28. The number of benzene rings is 6. The van der Waals surface area contributed by atoms with E-state index in [1.807, 2.05) is 0 Å². The van der Waals surface area contributed by atoms with Gasteiger partial charge >= 0.3 is 0 Å². The van der Waals surface area contributed by atoms with Crippen LogP contribution in [0.1, 0.15) is 67.7 Å². The molecule has 0 amide bonds. The Hall–Kier alpha value is -9.26. The molecule has 0 atom stereocenters. The monoisotopic (exact) mass is 872 g/mol. The smallest absolute Gasteiger partial charge is 0.200 e. The third kappa shape index (κ3) is 17.6. The number of hydrogen-bond donors (Lipinski definition) is 12. The average Bonchev–Trinajstić information content (AvgIpc) is 3.26. The molecule has 19 nitrogen and oxygen atoms in total. The molecular formula is C44H40O19. The lowest BCUT2D eigenvalue weighted by Gasteiger charge is -2.04. The molecule has 0 radical (unpaired) electrons. The Bertz CT molecular complexity index is 2450. The third-order valence-electron chi connectivity index (χ3n) is 7.44. The predicted molar refractivity (Wildman–Crippen MR) is 222 cm³/mol. The number of methoxy groups -OCH3 is 1. The highest BCUT2D eigenvalue weighted by Crippen LogP contribution is 2.35. The van der Waals surface area contributed by atoms with Crippen molar-refractivity contribution in [3.8, 4) is 74.7 Å². The van der Waals surface area contributed by atoms with E-state index in [-0.39, 0.29) is 74.2 Å². The van der Waals surface area contributed by atoms with Crippen LogP contribution in [-0.2, 0) is 0 Å². The molecule has 0 spiro atoms. The van der Waals surface area contributed by atoms with Crippen molar-refractivity contribution < 1.29 is 94.8 Å². The third-order valence-corrected chi connectivity index (χ3v) is 7.44. The van der Waals surface area contributed by atoms with Gasteiger partial charge in [0.2, 0.25) is 0 Å². The zero-order chi connectivity index (χ0) is 47.8. The molecule has 0 heterocycles. The quantitative estimate of drug-likeness (QED) is 0.0668. The van der Waals surface area contributed by atoms with Gasteiger partial charge in [0.15, 0.2) is 52.8 Å². The van der Waals surface area contributed by atoms with Gasteiger partial charge < -0.3 is 66.0 Å². The standard InChI is InChI=1S/C8H8O4.C8H8O3.C7H6O4.2C7H6O3.C7H6O2/c1-12-8-3-7(11)6(10)2-5(8)4-9;1-5-6(4-9)2-7(10)3-8(5)11;8-3-4-1-5(9)7(11)6(10)2-4;8-4-5-1-6(9)3-7(10)2-5;8-4-5-1-2-6(9)7(10)3-5;8-5-6-1-3-7(9)4-2-6/h2-4,10-11H,1H3;2-4,10-11H,1H3;1-3,9-11H;2*1-4,9-10H;1-5,9H. The number of rotatable bonds is 7. The Labute approximate surface area is 356 Å². The highest BCUT2D eigenvalue weighted by Gasteiger charge is 2.08. The van der Waals surface area contributed by atoms with Gasteiger partial charge in [-0.3, -0.25) is 28.8 Å². The Kier molecular flexibility index (Phi) is 21.3. The van der Waals surface area contributed by atoms with Crippen LogP contribution in [0.5, 0.6) is 74.7 Å². The molecule has 330 valence electrons. The molecule has 0 aliphatic rings. The van der Waals surface area contributed by atoms with Gasteiger partial charge in [-0.05, 0) is 85.8 Å². The fourth-order valence-electron chi connectivity index (χ4n) is 4.22. The van der Waals surface area contributed by atoms with E-state index in [1.54, 1.807) is 19.1 Å². The second-order valence-corrected chi connectivity index (χ2v) is 12.0. The fraction of sp³-hybridized carbons (Fsp3) is 0.0455. The summed E-state index contributed by atoms with van der Waals surface area (Å²) in [7, 11) is 1.37. The number of hydrogen-bond acceptors (Lipinski definition) is 19. The zero-order valence-electron chi connectivity index (χ0n) is 32.9. The Morgan fingerprint density at radius 1 is 0.349 bits per heavy atom. The summed E-state index contributed by atoms with van der Waals surface area (Å²) in [6, 6.07) is 20.6. The molecule has 0 saturated heterocycles. The first-order valence-electron chi connectivity index (χ1n) is 17.2. The number of phenolic OH excluding ortho intramolecular Hbond substituents is 12. The number of aromatic hydroxyl groups is 12. The summed E-state index contributed by atoms with van der Waals surface area (Å²) in [5, 5.41) is 106. The molecule has 6 rings (SSSR count).